The first-order valence-electron chi connectivity index (χ1n) is 6.42. The number of carboxylic acid groups (broad SMARTS) is 1. The van der Waals surface area contributed by atoms with Crippen molar-refractivity contribution >= 4 is 47.9 Å². The molecule has 0 bridgehead atoms. The third-order valence-corrected chi connectivity index (χ3v) is 7.24. The minimum Gasteiger partial charge on any atom is -0.481 e. The van der Waals surface area contributed by atoms with Crippen molar-refractivity contribution in [3.8, 4) is 0 Å². The lowest BCUT2D eigenvalue weighted by atomic mass is 10.0. The Balaban J connectivity index is 2.38. The summed E-state index contributed by atoms with van der Waals surface area (Å²) in [6.45, 7) is 2.24. The van der Waals surface area contributed by atoms with Gasteiger partial charge in [-0.15, -0.1) is 0 Å². The summed E-state index contributed by atoms with van der Waals surface area (Å²) in [5.74, 6) is -1.58. The molecule has 0 saturated carbocycles. The van der Waals surface area contributed by atoms with Crippen molar-refractivity contribution in [3.63, 3.8) is 0 Å². The second kappa shape index (κ2) is 6.36. The Morgan fingerprint density at radius 1 is 1.33 bits per heavy atom. The third-order valence-electron chi connectivity index (χ3n) is 3.56. The number of aliphatic carboxylic acids is 1. The number of rotatable bonds is 3. The van der Waals surface area contributed by atoms with E-state index < -0.39 is 21.9 Å². The van der Waals surface area contributed by atoms with Gasteiger partial charge in [0.15, 0.2) is 0 Å². The van der Waals surface area contributed by atoms with Gasteiger partial charge in [0.2, 0.25) is 10.0 Å². The van der Waals surface area contributed by atoms with Crippen molar-refractivity contribution in [2.24, 2.45) is 5.92 Å². The van der Waals surface area contributed by atoms with Gasteiger partial charge in [0.25, 0.3) is 0 Å². The average molecular weight is 441 g/mol. The largest absolute Gasteiger partial charge is 0.481 e. The molecule has 1 atom stereocenters. The van der Waals surface area contributed by atoms with Crippen molar-refractivity contribution in [1.29, 1.82) is 0 Å². The van der Waals surface area contributed by atoms with Crippen LogP contribution in [0.4, 0.5) is 0 Å². The van der Waals surface area contributed by atoms with E-state index in [1.54, 1.807) is 12.1 Å². The summed E-state index contributed by atoms with van der Waals surface area (Å²) in [6, 6.07) is 3.29. The molecule has 5 nitrogen and oxygen atoms in total. The molecule has 1 aliphatic heterocycles. The molecular weight excluding hydrogens is 426 g/mol. The number of hydrogen-bond donors (Lipinski definition) is 1. The molecule has 1 N–H and O–H groups in total. The molecule has 1 aromatic carbocycles. The summed E-state index contributed by atoms with van der Waals surface area (Å²) in [7, 11) is -3.71. The lowest BCUT2D eigenvalue weighted by Crippen LogP contribution is -2.42. The quantitative estimate of drug-likeness (QED) is 0.783. The van der Waals surface area contributed by atoms with Gasteiger partial charge in [0.05, 0.1) is 10.8 Å². The Kier molecular flexibility index (Phi) is 5.12. The Labute approximate surface area is 140 Å². The molecule has 0 aliphatic carbocycles. The monoisotopic (exact) mass is 439 g/mol. The molecule has 8 heteroatoms. The zero-order valence-electron chi connectivity index (χ0n) is 11.3. The Morgan fingerprint density at radius 2 is 2.00 bits per heavy atom. The van der Waals surface area contributed by atoms with Gasteiger partial charge in [-0.3, -0.25) is 4.79 Å². The lowest BCUT2D eigenvalue weighted by molar-refractivity contribution is -0.142. The number of benzene rings is 1. The standard InChI is InChI=1S/C13H15Br2NO4S/c1-8-5-11(15)12(6-10(8)14)21(19,20)16-4-2-3-9(7-16)13(17)18/h5-6,9H,2-4,7H2,1H3,(H,17,18). The number of sulfonamides is 1. The second-order valence-electron chi connectivity index (χ2n) is 5.07. The van der Waals surface area contributed by atoms with Crippen LogP contribution in [-0.2, 0) is 14.8 Å². The molecule has 1 saturated heterocycles. The van der Waals surface area contributed by atoms with Crippen LogP contribution in [0.5, 0.6) is 0 Å². The van der Waals surface area contributed by atoms with E-state index in [0.29, 0.717) is 28.3 Å². The van der Waals surface area contributed by atoms with Crippen LogP contribution in [0.2, 0.25) is 0 Å². The maximum atomic E-state index is 12.7. The number of piperidine rings is 1. The van der Waals surface area contributed by atoms with Gasteiger partial charge in [0.1, 0.15) is 0 Å². The van der Waals surface area contributed by atoms with Crippen LogP contribution in [0, 0.1) is 12.8 Å². The van der Waals surface area contributed by atoms with Crippen molar-refractivity contribution in [1.82, 2.24) is 4.31 Å². The Hall–Kier alpha value is -0.440. The van der Waals surface area contributed by atoms with E-state index in [-0.39, 0.29) is 11.4 Å². The molecule has 0 amide bonds. The van der Waals surface area contributed by atoms with Crippen molar-refractivity contribution in [3.05, 3.63) is 26.6 Å². The van der Waals surface area contributed by atoms with Crippen LogP contribution in [-0.4, -0.2) is 36.9 Å². The molecule has 1 heterocycles. The van der Waals surface area contributed by atoms with Gasteiger partial charge in [-0.05, 0) is 53.4 Å². The van der Waals surface area contributed by atoms with E-state index in [0.717, 1.165) is 5.56 Å². The minimum atomic E-state index is -3.71. The van der Waals surface area contributed by atoms with Crippen LogP contribution < -0.4 is 0 Å². The molecule has 2 rings (SSSR count). The van der Waals surface area contributed by atoms with E-state index in [1.807, 2.05) is 6.92 Å². The molecule has 1 aliphatic rings. The van der Waals surface area contributed by atoms with Crippen LogP contribution in [0.25, 0.3) is 0 Å². The fraction of sp³-hybridized carbons (Fsp3) is 0.462. The predicted octanol–water partition coefficient (Wildman–Crippen LogP) is 3.01. The normalized spacial score (nSPS) is 20.4. The molecule has 1 unspecified atom stereocenters. The topological polar surface area (TPSA) is 74.7 Å². The third kappa shape index (κ3) is 3.49. The number of carbonyl (C=O) groups is 1. The van der Waals surface area contributed by atoms with Crippen molar-refractivity contribution in [2.75, 3.05) is 13.1 Å². The summed E-state index contributed by atoms with van der Waals surface area (Å²) in [6.07, 6.45) is 1.07. The molecule has 116 valence electrons. The maximum Gasteiger partial charge on any atom is 0.307 e. The van der Waals surface area contributed by atoms with E-state index in [1.165, 1.54) is 4.31 Å². The summed E-state index contributed by atoms with van der Waals surface area (Å²) in [5, 5.41) is 9.09. The molecular formula is C13H15Br2NO4S. The molecule has 1 fully saturated rings. The number of halogens is 2. The molecule has 1 aromatic rings. The van der Waals surface area contributed by atoms with Gasteiger partial charge in [0, 0.05) is 22.0 Å². The number of hydrogen-bond acceptors (Lipinski definition) is 3. The predicted molar refractivity (Wildman–Crippen MR) is 85.7 cm³/mol. The fourth-order valence-corrected chi connectivity index (χ4v) is 5.49. The highest BCUT2D eigenvalue weighted by Crippen LogP contribution is 2.32. The number of nitrogens with zero attached hydrogens (tertiary/aromatic N) is 1. The first-order valence-corrected chi connectivity index (χ1v) is 9.44. The van der Waals surface area contributed by atoms with Gasteiger partial charge in [-0.1, -0.05) is 15.9 Å². The second-order valence-corrected chi connectivity index (χ2v) is 8.69. The Bertz CT molecular complexity index is 675. The van der Waals surface area contributed by atoms with Crippen LogP contribution >= 0.6 is 31.9 Å². The van der Waals surface area contributed by atoms with Crippen LogP contribution in [0.1, 0.15) is 18.4 Å². The van der Waals surface area contributed by atoms with Gasteiger partial charge < -0.3 is 5.11 Å². The highest BCUT2D eigenvalue weighted by Gasteiger charge is 2.34. The highest BCUT2D eigenvalue weighted by molar-refractivity contribution is 9.11. The van der Waals surface area contributed by atoms with Crippen LogP contribution in [0.3, 0.4) is 0 Å². The minimum absolute atomic E-state index is 0.0234. The van der Waals surface area contributed by atoms with E-state index in [2.05, 4.69) is 31.9 Å². The van der Waals surface area contributed by atoms with Gasteiger partial charge in [-0.2, -0.15) is 4.31 Å². The highest BCUT2D eigenvalue weighted by atomic mass is 79.9. The van der Waals surface area contributed by atoms with E-state index in [9.17, 15) is 13.2 Å². The van der Waals surface area contributed by atoms with E-state index in [4.69, 9.17) is 5.11 Å². The zero-order chi connectivity index (χ0) is 15.8. The fourth-order valence-electron chi connectivity index (χ4n) is 2.33. The SMILES string of the molecule is Cc1cc(Br)c(S(=O)(=O)N2CCCC(C(=O)O)C2)cc1Br. The summed E-state index contributed by atoms with van der Waals surface area (Å²) >= 11 is 6.62. The smallest absolute Gasteiger partial charge is 0.307 e. The van der Waals surface area contributed by atoms with Crippen molar-refractivity contribution in [2.45, 2.75) is 24.7 Å². The van der Waals surface area contributed by atoms with Gasteiger partial charge >= 0.3 is 5.97 Å². The zero-order valence-corrected chi connectivity index (χ0v) is 15.3. The summed E-state index contributed by atoms with van der Waals surface area (Å²) in [5.41, 5.74) is 0.919. The van der Waals surface area contributed by atoms with E-state index >= 15 is 0 Å². The number of aryl methyl sites for hydroxylation is 1. The van der Waals surface area contributed by atoms with Gasteiger partial charge in [-0.25, -0.2) is 8.42 Å². The lowest BCUT2D eigenvalue weighted by Gasteiger charge is -2.30. The van der Waals surface area contributed by atoms with Crippen LogP contribution in [0.15, 0.2) is 26.0 Å². The first-order chi connectivity index (χ1) is 9.73. The molecule has 0 spiro atoms. The van der Waals surface area contributed by atoms with Crippen molar-refractivity contribution < 1.29 is 18.3 Å². The Morgan fingerprint density at radius 3 is 2.62 bits per heavy atom. The maximum absolute atomic E-state index is 12.7. The molecule has 21 heavy (non-hydrogen) atoms. The average Bonchev–Trinajstić information content (AvgIpc) is 2.42. The summed E-state index contributed by atoms with van der Waals surface area (Å²) < 4.78 is 27.9. The molecule has 0 aromatic heterocycles. The summed E-state index contributed by atoms with van der Waals surface area (Å²) in [4.78, 5) is 11.2. The number of carboxylic acids is 1. The first kappa shape index (κ1) is 16.9. The molecule has 0 radical (unpaired) electrons.